The molecule has 2 aromatic carbocycles. The van der Waals surface area contributed by atoms with Crippen LogP contribution in [0.3, 0.4) is 0 Å². The Hall–Kier alpha value is -1.90. The standard InChI is InChI=1S/C17H14BrNO4S2/c1-23-15(20)11-19(25(21,22)12-7-3-2-4-8-12)17-16(18)13-9-5-6-10-14(13)24-17/h2-10H,11H2,1H3. The Labute approximate surface area is 158 Å². The number of esters is 1. The third-order valence-electron chi connectivity index (χ3n) is 3.58. The van der Waals surface area contributed by atoms with Crippen molar-refractivity contribution in [3.8, 4) is 0 Å². The number of halogens is 1. The number of hydrogen-bond donors (Lipinski definition) is 0. The third-order valence-corrected chi connectivity index (χ3v) is 7.71. The Bertz CT molecular complexity index is 1020. The molecule has 0 bridgehead atoms. The maximum atomic E-state index is 13.1. The van der Waals surface area contributed by atoms with Gasteiger partial charge in [-0.3, -0.25) is 4.79 Å². The molecule has 0 aliphatic carbocycles. The van der Waals surface area contributed by atoms with Gasteiger partial charge in [0.15, 0.2) is 0 Å². The van der Waals surface area contributed by atoms with E-state index in [2.05, 4.69) is 15.9 Å². The predicted molar refractivity (Wildman–Crippen MR) is 103 cm³/mol. The predicted octanol–water partition coefficient (Wildman–Crippen LogP) is 4.03. The van der Waals surface area contributed by atoms with Crippen molar-refractivity contribution in [1.29, 1.82) is 0 Å². The van der Waals surface area contributed by atoms with Crippen molar-refractivity contribution in [2.75, 3.05) is 18.0 Å². The van der Waals surface area contributed by atoms with Crippen LogP contribution in [0.2, 0.25) is 0 Å². The summed E-state index contributed by atoms with van der Waals surface area (Å²) in [6.07, 6.45) is 0. The van der Waals surface area contributed by atoms with Crippen LogP contribution in [0.25, 0.3) is 10.1 Å². The fourth-order valence-electron chi connectivity index (χ4n) is 2.33. The number of methoxy groups -OCH3 is 1. The van der Waals surface area contributed by atoms with Gasteiger partial charge >= 0.3 is 5.97 Å². The lowest BCUT2D eigenvalue weighted by molar-refractivity contribution is -0.138. The number of carbonyl (C=O) groups is 1. The normalized spacial score (nSPS) is 11.4. The summed E-state index contributed by atoms with van der Waals surface area (Å²) in [4.78, 5) is 12.0. The Morgan fingerprint density at radius 3 is 2.40 bits per heavy atom. The quantitative estimate of drug-likeness (QED) is 0.562. The molecule has 1 heterocycles. The highest BCUT2D eigenvalue weighted by Crippen LogP contribution is 2.43. The first-order valence-electron chi connectivity index (χ1n) is 7.27. The SMILES string of the molecule is COC(=O)CN(c1sc2ccccc2c1Br)S(=O)(=O)c1ccccc1. The highest BCUT2D eigenvalue weighted by Gasteiger charge is 2.30. The van der Waals surface area contributed by atoms with E-state index in [0.717, 1.165) is 14.4 Å². The molecule has 0 amide bonds. The number of anilines is 1. The fourth-order valence-corrected chi connectivity index (χ4v) is 6.13. The Morgan fingerprint density at radius 1 is 1.12 bits per heavy atom. The maximum absolute atomic E-state index is 13.1. The molecule has 0 aliphatic heterocycles. The Morgan fingerprint density at radius 2 is 1.76 bits per heavy atom. The van der Waals surface area contributed by atoms with Crippen LogP contribution in [-0.4, -0.2) is 28.0 Å². The van der Waals surface area contributed by atoms with Crippen LogP contribution in [0.1, 0.15) is 0 Å². The third kappa shape index (κ3) is 3.42. The number of thiophene rings is 1. The molecule has 130 valence electrons. The topological polar surface area (TPSA) is 63.7 Å². The first kappa shape index (κ1) is 17.9. The van der Waals surface area contributed by atoms with Crippen molar-refractivity contribution in [2.45, 2.75) is 4.90 Å². The Balaban J connectivity index is 2.18. The molecule has 0 N–H and O–H groups in total. The van der Waals surface area contributed by atoms with Gasteiger partial charge in [-0.25, -0.2) is 12.7 Å². The fraction of sp³-hybridized carbons (Fsp3) is 0.118. The molecule has 5 nitrogen and oxygen atoms in total. The minimum atomic E-state index is -3.92. The number of hydrogen-bond acceptors (Lipinski definition) is 5. The average Bonchev–Trinajstić information content (AvgIpc) is 2.96. The second-order valence-electron chi connectivity index (χ2n) is 5.12. The van der Waals surface area contributed by atoms with Crippen LogP contribution < -0.4 is 4.31 Å². The van der Waals surface area contributed by atoms with Gasteiger partial charge < -0.3 is 4.74 Å². The lowest BCUT2D eigenvalue weighted by Gasteiger charge is -2.22. The smallest absolute Gasteiger partial charge is 0.326 e. The molecule has 0 fully saturated rings. The number of rotatable bonds is 5. The van der Waals surface area contributed by atoms with Crippen molar-refractivity contribution >= 4 is 58.3 Å². The number of sulfonamides is 1. The van der Waals surface area contributed by atoms with Crippen LogP contribution in [0.5, 0.6) is 0 Å². The average molecular weight is 440 g/mol. The van der Waals surface area contributed by atoms with Crippen LogP contribution >= 0.6 is 27.3 Å². The van der Waals surface area contributed by atoms with Crippen molar-refractivity contribution in [1.82, 2.24) is 0 Å². The van der Waals surface area contributed by atoms with Gasteiger partial charge in [0.25, 0.3) is 10.0 Å². The zero-order valence-electron chi connectivity index (χ0n) is 13.2. The molecule has 0 saturated carbocycles. The molecule has 0 radical (unpaired) electrons. The molecular formula is C17H14BrNO4S2. The largest absolute Gasteiger partial charge is 0.468 e. The number of nitrogens with zero attached hydrogens (tertiary/aromatic N) is 1. The van der Waals surface area contributed by atoms with Crippen molar-refractivity contribution in [3.05, 3.63) is 59.1 Å². The number of ether oxygens (including phenoxy) is 1. The minimum absolute atomic E-state index is 0.114. The highest BCUT2D eigenvalue weighted by molar-refractivity contribution is 9.10. The van der Waals surface area contributed by atoms with Crippen molar-refractivity contribution in [2.24, 2.45) is 0 Å². The van der Waals surface area contributed by atoms with Gasteiger partial charge in [0, 0.05) is 10.1 Å². The summed E-state index contributed by atoms with van der Waals surface area (Å²) in [5.74, 6) is -0.635. The minimum Gasteiger partial charge on any atom is -0.468 e. The number of carbonyl (C=O) groups excluding carboxylic acids is 1. The molecular weight excluding hydrogens is 426 g/mol. The van der Waals surface area contributed by atoms with E-state index in [1.807, 2.05) is 24.3 Å². The van der Waals surface area contributed by atoms with Crippen molar-refractivity contribution < 1.29 is 17.9 Å². The summed E-state index contributed by atoms with van der Waals surface area (Å²) in [7, 11) is -2.68. The van der Waals surface area contributed by atoms with E-state index in [9.17, 15) is 13.2 Å². The summed E-state index contributed by atoms with van der Waals surface area (Å²) in [5.41, 5.74) is 0. The monoisotopic (exact) mass is 439 g/mol. The van der Waals surface area contributed by atoms with E-state index in [1.165, 1.54) is 30.6 Å². The van der Waals surface area contributed by atoms with Gasteiger partial charge in [-0.05, 0) is 34.1 Å². The first-order valence-corrected chi connectivity index (χ1v) is 10.3. The number of benzene rings is 2. The zero-order chi connectivity index (χ0) is 18.0. The summed E-state index contributed by atoms with van der Waals surface area (Å²) < 4.78 is 33.6. The Kier molecular flexibility index (Phi) is 5.12. The maximum Gasteiger partial charge on any atom is 0.326 e. The van der Waals surface area contributed by atoms with E-state index in [4.69, 9.17) is 4.74 Å². The van der Waals surface area contributed by atoms with Crippen LogP contribution in [0.15, 0.2) is 64.0 Å². The lowest BCUT2D eigenvalue weighted by atomic mass is 10.3. The van der Waals surface area contributed by atoms with Crippen molar-refractivity contribution in [3.63, 3.8) is 0 Å². The van der Waals surface area contributed by atoms with E-state index < -0.39 is 22.5 Å². The molecule has 1 aromatic heterocycles. The van der Waals surface area contributed by atoms with E-state index in [-0.39, 0.29) is 4.90 Å². The summed E-state index contributed by atoms with van der Waals surface area (Å²) in [6, 6.07) is 15.6. The van der Waals surface area contributed by atoms with Gasteiger partial charge in [0.1, 0.15) is 11.5 Å². The molecule has 0 saturated heterocycles. The van der Waals surface area contributed by atoms with Crippen LogP contribution in [0, 0.1) is 0 Å². The van der Waals surface area contributed by atoms with E-state index >= 15 is 0 Å². The molecule has 0 spiro atoms. The molecule has 0 aliphatic rings. The van der Waals surface area contributed by atoms with E-state index in [0.29, 0.717) is 9.47 Å². The molecule has 0 unspecified atom stereocenters. The zero-order valence-corrected chi connectivity index (χ0v) is 16.4. The summed E-state index contributed by atoms with van der Waals surface area (Å²) in [5, 5.41) is 1.33. The molecule has 3 aromatic rings. The highest BCUT2D eigenvalue weighted by atomic mass is 79.9. The summed E-state index contributed by atoms with van der Waals surface area (Å²) in [6.45, 7) is -0.404. The first-order chi connectivity index (χ1) is 11.9. The van der Waals surface area contributed by atoms with Gasteiger partial charge in [-0.15, -0.1) is 11.3 Å². The molecule has 0 atom stereocenters. The molecule has 25 heavy (non-hydrogen) atoms. The van der Waals surface area contributed by atoms with E-state index in [1.54, 1.807) is 18.2 Å². The molecule has 3 rings (SSSR count). The summed E-state index contributed by atoms with van der Waals surface area (Å²) >= 11 is 4.78. The van der Waals surface area contributed by atoms with Crippen LogP contribution in [-0.2, 0) is 19.6 Å². The second-order valence-corrected chi connectivity index (χ2v) is 8.80. The van der Waals surface area contributed by atoms with Crippen LogP contribution in [0.4, 0.5) is 5.00 Å². The van der Waals surface area contributed by atoms with Gasteiger partial charge in [-0.1, -0.05) is 36.4 Å². The number of fused-ring (bicyclic) bond motifs is 1. The lowest BCUT2D eigenvalue weighted by Crippen LogP contribution is -2.36. The van der Waals surface area contributed by atoms with Gasteiger partial charge in [0.2, 0.25) is 0 Å². The second kappa shape index (κ2) is 7.15. The molecule has 8 heteroatoms. The van der Waals surface area contributed by atoms with Gasteiger partial charge in [0.05, 0.1) is 16.5 Å². The van der Waals surface area contributed by atoms with Gasteiger partial charge in [-0.2, -0.15) is 0 Å².